The normalized spacial score (nSPS) is 10.5. The van der Waals surface area contributed by atoms with Crippen molar-refractivity contribution in [2.24, 2.45) is 0 Å². The maximum atomic E-state index is 11.7. The highest BCUT2D eigenvalue weighted by Crippen LogP contribution is 2.42. The van der Waals surface area contributed by atoms with Gasteiger partial charge in [-0.15, -0.1) is 11.3 Å². The summed E-state index contributed by atoms with van der Waals surface area (Å²) in [7, 11) is 0. The van der Waals surface area contributed by atoms with E-state index in [2.05, 4.69) is 0 Å². The minimum absolute atomic E-state index is 0.00301. The molecule has 0 aliphatic carbocycles. The van der Waals surface area contributed by atoms with Gasteiger partial charge in [0.15, 0.2) is 6.29 Å². The van der Waals surface area contributed by atoms with Crippen LogP contribution in [0.25, 0.3) is 10.4 Å². The number of nitrogens with zero attached hydrogens (tertiary/aromatic N) is 1. The predicted octanol–water partition coefficient (Wildman–Crippen LogP) is 5.38. The molecule has 0 saturated carbocycles. The summed E-state index contributed by atoms with van der Waals surface area (Å²) in [5.41, 5.74) is 2.05. The van der Waals surface area contributed by atoms with Gasteiger partial charge >= 0.3 is 0 Å². The van der Waals surface area contributed by atoms with Crippen molar-refractivity contribution in [3.05, 3.63) is 85.7 Å². The number of nitro groups is 1. The van der Waals surface area contributed by atoms with Crippen LogP contribution in [0.5, 0.6) is 0 Å². The molecule has 0 aliphatic heterocycles. The van der Waals surface area contributed by atoms with Crippen LogP contribution in [0.1, 0.15) is 20.8 Å². The molecule has 0 fully saturated rings. The van der Waals surface area contributed by atoms with Gasteiger partial charge in [0.1, 0.15) is 4.88 Å². The minimum atomic E-state index is -0.406. The van der Waals surface area contributed by atoms with Crippen LogP contribution in [0.4, 0.5) is 5.69 Å². The molecule has 1 heterocycles. The van der Waals surface area contributed by atoms with Gasteiger partial charge in [0.2, 0.25) is 0 Å². The molecule has 24 heavy (non-hydrogen) atoms. The Bertz CT molecular complexity index is 889. The van der Waals surface area contributed by atoms with E-state index in [1.807, 2.05) is 18.2 Å². The number of aldehydes is 1. The van der Waals surface area contributed by atoms with Gasteiger partial charge in [-0.05, 0) is 23.3 Å². The highest BCUT2D eigenvalue weighted by Gasteiger charge is 2.28. The topological polar surface area (TPSA) is 60.2 Å². The molecule has 0 bridgehead atoms. The molecule has 0 aliphatic rings. The third-order valence-electron chi connectivity index (χ3n) is 3.63. The number of hydrogen-bond donors (Lipinski definition) is 0. The van der Waals surface area contributed by atoms with Crippen LogP contribution in [-0.2, 0) is 6.42 Å². The third kappa shape index (κ3) is 3.22. The smallest absolute Gasteiger partial charge is 0.292 e. The summed E-state index contributed by atoms with van der Waals surface area (Å²) in [5, 5.41) is 12.3. The van der Waals surface area contributed by atoms with Crippen LogP contribution in [0.2, 0.25) is 5.02 Å². The van der Waals surface area contributed by atoms with Crippen LogP contribution in [0.3, 0.4) is 0 Å². The molecule has 3 rings (SSSR count). The fourth-order valence-corrected chi connectivity index (χ4v) is 3.76. The number of rotatable bonds is 5. The number of thiophene rings is 1. The molecule has 0 saturated heterocycles. The molecule has 0 amide bonds. The lowest BCUT2D eigenvalue weighted by atomic mass is 10.0. The summed E-state index contributed by atoms with van der Waals surface area (Å²) >= 11 is 7.03. The first-order chi connectivity index (χ1) is 11.6. The second kappa shape index (κ2) is 6.95. The standard InChI is InChI=1S/C18H12ClNO3S/c19-14-8-6-12(7-9-14)10-15-16(11-21)24-18(17(15)20(22)23)13-4-2-1-3-5-13/h1-9,11H,10H2. The fourth-order valence-electron chi connectivity index (χ4n) is 2.52. The maximum absolute atomic E-state index is 11.7. The van der Waals surface area contributed by atoms with E-state index < -0.39 is 4.92 Å². The summed E-state index contributed by atoms with van der Waals surface area (Å²) in [6, 6.07) is 16.2. The predicted molar refractivity (Wildman–Crippen MR) is 96.1 cm³/mol. The van der Waals surface area contributed by atoms with E-state index in [9.17, 15) is 14.9 Å². The average molecular weight is 358 g/mol. The average Bonchev–Trinajstić information content (AvgIpc) is 2.96. The second-order valence-electron chi connectivity index (χ2n) is 5.17. The second-order valence-corrected chi connectivity index (χ2v) is 6.66. The Morgan fingerprint density at radius 2 is 1.75 bits per heavy atom. The number of benzene rings is 2. The van der Waals surface area contributed by atoms with Crippen molar-refractivity contribution in [3.63, 3.8) is 0 Å². The number of halogens is 1. The summed E-state index contributed by atoms with van der Waals surface area (Å²) < 4.78 is 0. The number of carbonyl (C=O) groups excluding carboxylic acids is 1. The monoisotopic (exact) mass is 357 g/mol. The van der Waals surface area contributed by atoms with Crippen molar-refractivity contribution in [1.82, 2.24) is 0 Å². The van der Waals surface area contributed by atoms with Crippen molar-refractivity contribution in [2.45, 2.75) is 6.42 Å². The van der Waals surface area contributed by atoms with E-state index in [-0.39, 0.29) is 5.69 Å². The molecule has 120 valence electrons. The summed E-state index contributed by atoms with van der Waals surface area (Å²) in [6.45, 7) is 0. The van der Waals surface area contributed by atoms with Crippen molar-refractivity contribution in [3.8, 4) is 10.4 Å². The van der Waals surface area contributed by atoms with E-state index in [1.54, 1.807) is 36.4 Å². The van der Waals surface area contributed by atoms with Gasteiger partial charge in [0.05, 0.1) is 15.4 Å². The lowest BCUT2D eigenvalue weighted by Crippen LogP contribution is -1.97. The first kappa shape index (κ1) is 16.4. The van der Waals surface area contributed by atoms with Crippen molar-refractivity contribution in [2.75, 3.05) is 0 Å². The molecular weight excluding hydrogens is 346 g/mol. The van der Waals surface area contributed by atoms with Gasteiger partial charge in [-0.2, -0.15) is 0 Å². The fraction of sp³-hybridized carbons (Fsp3) is 0.0556. The molecular formula is C18H12ClNO3S. The zero-order valence-corrected chi connectivity index (χ0v) is 14.0. The molecule has 6 heteroatoms. The van der Waals surface area contributed by atoms with Gasteiger partial charge in [-0.25, -0.2) is 0 Å². The first-order valence-corrected chi connectivity index (χ1v) is 8.34. The van der Waals surface area contributed by atoms with Gasteiger partial charge in [0, 0.05) is 11.4 Å². The third-order valence-corrected chi connectivity index (χ3v) is 5.08. The number of hydrogen-bond acceptors (Lipinski definition) is 4. The Kier molecular flexibility index (Phi) is 4.74. The molecule has 0 N–H and O–H groups in total. The lowest BCUT2D eigenvalue weighted by Gasteiger charge is -2.02. The Hall–Kier alpha value is -2.50. The highest BCUT2D eigenvalue weighted by atomic mass is 35.5. The molecule has 4 nitrogen and oxygen atoms in total. The lowest BCUT2D eigenvalue weighted by molar-refractivity contribution is -0.384. The Morgan fingerprint density at radius 3 is 2.33 bits per heavy atom. The van der Waals surface area contributed by atoms with Crippen LogP contribution in [0, 0.1) is 10.1 Å². The Balaban J connectivity index is 2.14. The highest BCUT2D eigenvalue weighted by molar-refractivity contribution is 7.17. The van der Waals surface area contributed by atoms with Crippen molar-refractivity contribution < 1.29 is 9.72 Å². The Labute approximate surface area is 147 Å². The summed E-state index contributed by atoms with van der Waals surface area (Å²) in [6.07, 6.45) is 1.00. The Morgan fingerprint density at radius 1 is 1.08 bits per heavy atom. The SMILES string of the molecule is O=Cc1sc(-c2ccccc2)c([N+](=O)[O-])c1Cc1ccc(Cl)cc1. The van der Waals surface area contributed by atoms with E-state index in [0.29, 0.717) is 33.0 Å². The van der Waals surface area contributed by atoms with E-state index in [4.69, 9.17) is 11.6 Å². The molecule has 2 aromatic carbocycles. The van der Waals surface area contributed by atoms with Gasteiger partial charge < -0.3 is 0 Å². The zero-order valence-electron chi connectivity index (χ0n) is 12.4. The van der Waals surface area contributed by atoms with E-state index in [1.165, 1.54) is 0 Å². The van der Waals surface area contributed by atoms with Crippen LogP contribution >= 0.6 is 22.9 Å². The van der Waals surface area contributed by atoms with E-state index >= 15 is 0 Å². The van der Waals surface area contributed by atoms with Gasteiger partial charge in [-0.1, -0.05) is 54.1 Å². The van der Waals surface area contributed by atoms with Crippen molar-refractivity contribution in [1.29, 1.82) is 0 Å². The number of carbonyl (C=O) groups is 1. The van der Waals surface area contributed by atoms with Crippen LogP contribution in [-0.4, -0.2) is 11.2 Å². The molecule has 1 aromatic heterocycles. The van der Waals surface area contributed by atoms with Crippen LogP contribution < -0.4 is 0 Å². The molecule has 0 atom stereocenters. The molecule has 3 aromatic rings. The zero-order chi connectivity index (χ0) is 17.1. The van der Waals surface area contributed by atoms with Crippen molar-refractivity contribution >= 4 is 34.9 Å². The molecule has 0 radical (unpaired) electrons. The molecule has 0 spiro atoms. The largest absolute Gasteiger partial charge is 0.297 e. The van der Waals surface area contributed by atoms with Gasteiger partial charge in [0.25, 0.3) is 5.69 Å². The molecule has 0 unspecified atom stereocenters. The van der Waals surface area contributed by atoms with Gasteiger partial charge in [-0.3, -0.25) is 14.9 Å². The maximum Gasteiger partial charge on any atom is 0.292 e. The first-order valence-electron chi connectivity index (χ1n) is 7.15. The quantitative estimate of drug-likeness (QED) is 0.350. The summed E-state index contributed by atoms with van der Waals surface area (Å²) in [4.78, 5) is 23.6. The summed E-state index contributed by atoms with van der Waals surface area (Å²) in [5.74, 6) is 0. The minimum Gasteiger partial charge on any atom is -0.297 e. The van der Waals surface area contributed by atoms with Crippen LogP contribution in [0.15, 0.2) is 54.6 Å². The van der Waals surface area contributed by atoms with E-state index in [0.717, 1.165) is 22.5 Å².